The maximum atomic E-state index is 11.1. The highest BCUT2D eigenvalue weighted by molar-refractivity contribution is 5.77. The van der Waals surface area contributed by atoms with Gasteiger partial charge < -0.3 is 4.79 Å². The molecule has 0 aliphatic carbocycles. The zero-order chi connectivity index (χ0) is 13.1. The monoisotopic (exact) mass is 231 g/mol. The average molecular weight is 231 g/mol. The third-order valence-corrected chi connectivity index (χ3v) is 2.49. The van der Waals surface area contributed by atoms with Crippen molar-refractivity contribution in [3.05, 3.63) is 0 Å². The summed E-state index contributed by atoms with van der Waals surface area (Å²) in [6.45, 7) is 7.77. The van der Waals surface area contributed by atoms with Gasteiger partial charge in [0, 0.05) is 18.9 Å². The Morgan fingerprint density at radius 1 is 1.31 bits per heavy atom. The third kappa shape index (κ3) is 8.41. The van der Waals surface area contributed by atoms with E-state index >= 15 is 0 Å². The van der Waals surface area contributed by atoms with Gasteiger partial charge in [0.2, 0.25) is 5.91 Å². The summed E-state index contributed by atoms with van der Waals surface area (Å²) in [5, 5.41) is 1.26. The summed E-state index contributed by atoms with van der Waals surface area (Å²) in [7, 11) is 3.11. The van der Waals surface area contributed by atoms with Crippen LogP contribution in [-0.4, -0.2) is 31.4 Å². The highest BCUT2D eigenvalue weighted by Crippen LogP contribution is 2.04. The Labute approximate surface area is 98.9 Å². The van der Waals surface area contributed by atoms with Crippen molar-refractivity contribution in [3.63, 3.8) is 0 Å². The van der Waals surface area contributed by atoms with E-state index in [1.165, 1.54) is 12.2 Å². The van der Waals surface area contributed by atoms with E-state index in [-0.39, 0.29) is 17.7 Å². The molecule has 16 heavy (non-hydrogen) atoms. The third-order valence-electron chi connectivity index (χ3n) is 2.49. The average Bonchev–Trinajstić information content (AvgIpc) is 2.35. The van der Waals surface area contributed by atoms with E-state index in [4.69, 9.17) is 4.84 Å². The molecular weight excluding hydrogens is 206 g/mol. The van der Waals surface area contributed by atoms with Crippen LogP contribution in [0.4, 0.5) is 0 Å². The van der Waals surface area contributed by atoms with Gasteiger partial charge >= 0.3 is 0 Å². The molecule has 2 atom stereocenters. The van der Waals surface area contributed by atoms with Crippen molar-refractivity contribution < 1.29 is 14.4 Å². The fraction of sp³-hybridized carbons (Fsp3) is 0.833. The van der Waals surface area contributed by atoms with Crippen LogP contribution in [0.5, 0.6) is 0 Å². The summed E-state index contributed by atoms with van der Waals surface area (Å²) in [5.74, 6) is 0.347. The number of carbonyl (C=O) groups is 2. The highest BCUT2D eigenvalue weighted by Gasteiger charge is 2.14. The van der Waals surface area contributed by atoms with E-state index in [0.29, 0.717) is 0 Å². The van der Waals surface area contributed by atoms with Crippen LogP contribution in [0.3, 0.4) is 0 Å². The molecule has 0 aliphatic rings. The van der Waals surface area contributed by atoms with Gasteiger partial charge in [-0.15, -0.1) is 0 Å². The summed E-state index contributed by atoms with van der Waals surface area (Å²) in [4.78, 5) is 25.6. The zero-order valence-electron chi connectivity index (χ0n) is 11.3. The topological polar surface area (TPSA) is 46.6 Å². The second-order valence-corrected chi connectivity index (χ2v) is 3.85. The van der Waals surface area contributed by atoms with Gasteiger partial charge in [-0.05, 0) is 12.8 Å². The molecule has 0 spiro atoms. The summed E-state index contributed by atoms with van der Waals surface area (Å²) in [5.41, 5.74) is 0. The van der Waals surface area contributed by atoms with Crippen molar-refractivity contribution in [1.29, 1.82) is 0 Å². The molecule has 1 amide bonds. The lowest BCUT2D eigenvalue weighted by atomic mass is 10.1. The number of rotatable bonds is 5. The van der Waals surface area contributed by atoms with E-state index in [1.807, 2.05) is 27.7 Å². The molecule has 0 rings (SSSR count). The fourth-order valence-corrected chi connectivity index (χ4v) is 0.671. The Bertz CT molecular complexity index is 183. The molecule has 0 radical (unpaired) electrons. The minimum Gasteiger partial charge on any atom is -0.303 e. The SMILES string of the molecule is CCC(C)C(=O)N(C)OC.CCC(C)C=O. The molecule has 0 aromatic heterocycles. The summed E-state index contributed by atoms with van der Waals surface area (Å²) in [6, 6.07) is 0. The number of hydrogen-bond donors (Lipinski definition) is 0. The number of carbonyl (C=O) groups excluding carboxylic acids is 2. The lowest BCUT2D eigenvalue weighted by Crippen LogP contribution is -2.30. The Morgan fingerprint density at radius 3 is 2.00 bits per heavy atom. The van der Waals surface area contributed by atoms with E-state index in [2.05, 4.69) is 0 Å². The molecule has 2 unspecified atom stereocenters. The minimum atomic E-state index is 0.0324. The molecule has 4 heteroatoms. The van der Waals surface area contributed by atoms with Gasteiger partial charge in [0.1, 0.15) is 6.29 Å². The Morgan fingerprint density at radius 2 is 1.81 bits per heavy atom. The predicted molar refractivity (Wildman–Crippen MR) is 64.8 cm³/mol. The van der Waals surface area contributed by atoms with E-state index in [9.17, 15) is 9.59 Å². The van der Waals surface area contributed by atoms with Crippen LogP contribution >= 0.6 is 0 Å². The molecule has 0 aromatic rings. The van der Waals surface area contributed by atoms with Gasteiger partial charge in [0.15, 0.2) is 0 Å². The standard InChI is InChI=1S/C7H15NO2.C5H10O/c1-5-6(2)7(9)8(3)10-4;1-3-5(2)4-6/h6H,5H2,1-4H3;4-5H,3H2,1-2H3. The molecular formula is C12H25NO3. The molecule has 0 bridgehead atoms. The van der Waals surface area contributed by atoms with Gasteiger partial charge in [0.05, 0.1) is 7.11 Å². The van der Waals surface area contributed by atoms with Crippen molar-refractivity contribution in [1.82, 2.24) is 5.06 Å². The van der Waals surface area contributed by atoms with Crippen molar-refractivity contribution >= 4 is 12.2 Å². The summed E-state index contributed by atoms with van der Waals surface area (Å²) >= 11 is 0. The van der Waals surface area contributed by atoms with Crippen molar-refractivity contribution in [2.45, 2.75) is 40.5 Å². The van der Waals surface area contributed by atoms with Crippen LogP contribution in [0.25, 0.3) is 0 Å². The van der Waals surface area contributed by atoms with E-state index < -0.39 is 0 Å². The smallest absolute Gasteiger partial charge is 0.248 e. The van der Waals surface area contributed by atoms with Gasteiger partial charge in [-0.1, -0.05) is 27.7 Å². The molecule has 0 saturated heterocycles. The minimum absolute atomic E-state index is 0.0324. The highest BCUT2D eigenvalue weighted by atomic mass is 16.7. The first kappa shape index (κ1) is 17.5. The molecule has 0 aliphatic heterocycles. The second kappa shape index (κ2) is 10.6. The van der Waals surface area contributed by atoms with Crippen molar-refractivity contribution in [3.8, 4) is 0 Å². The summed E-state index contributed by atoms with van der Waals surface area (Å²) < 4.78 is 0. The van der Waals surface area contributed by atoms with Gasteiger partial charge in [-0.3, -0.25) is 9.63 Å². The molecule has 0 N–H and O–H groups in total. The molecule has 0 saturated carbocycles. The Kier molecular flexibility index (Phi) is 11.6. The van der Waals surface area contributed by atoms with Crippen molar-refractivity contribution in [2.75, 3.05) is 14.2 Å². The van der Waals surface area contributed by atoms with E-state index in [1.54, 1.807) is 7.05 Å². The van der Waals surface area contributed by atoms with Crippen LogP contribution in [0.15, 0.2) is 0 Å². The first-order valence-electron chi connectivity index (χ1n) is 5.71. The maximum Gasteiger partial charge on any atom is 0.248 e. The van der Waals surface area contributed by atoms with Crippen LogP contribution < -0.4 is 0 Å². The largest absolute Gasteiger partial charge is 0.303 e. The first-order valence-corrected chi connectivity index (χ1v) is 5.71. The molecule has 4 nitrogen and oxygen atoms in total. The van der Waals surface area contributed by atoms with Gasteiger partial charge in [0.25, 0.3) is 0 Å². The molecule has 0 aromatic carbocycles. The van der Waals surface area contributed by atoms with Crippen LogP contribution in [0, 0.1) is 11.8 Å². The van der Waals surface area contributed by atoms with Crippen LogP contribution in [0.1, 0.15) is 40.5 Å². The Balaban J connectivity index is 0. The fourth-order valence-electron chi connectivity index (χ4n) is 0.671. The lowest BCUT2D eigenvalue weighted by molar-refractivity contribution is -0.172. The number of hydroxylamine groups is 2. The number of aldehydes is 1. The summed E-state index contributed by atoms with van der Waals surface area (Å²) in [6.07, 6.45) is 2.79. The van der Waals surface area contributed by atoms with Gasteiger partial charge in [-0.25, -0.2) is 5.06 Å². The Hall–Kier alpha value is -0.900. The number of hydrogen-bond acceptors (Lipinski definition) is 3. The molecule has 0 fully saturated rings. The van der Waals surface area contributed by atoms with Crippen LogP contribution in [-0.2, 0) is 14.4 Å². The van der Waals surface area contributed by atoms with Gasteiger partial charge in [-0.2, -0.15) is 0 Å². The van der Waals surface area contributed by atoms with Crippen LogP contribution in [0.2, 0.25) is 0 Å². The number of amides is 1. The van der Waals surface area contributed by atoms with Crippen molar-refractivity contribution in [2.24, 2.45) is 11.8 Å². The molecule has 96 valence electrons. The molecule has 0 heterocycles. The number of nitrogens with zero attached hydrogens (tertiary/aromatic N) is 1. The first-order chi connectivity index (χ1) is 7.44. The quantitative estimate of drug-likeness (QED) is 0.538. The van der Waals surface area contributed by atoms with E-state index in [0.717, 1.165) is 19.1 Å². The lowest BCUT2D eigenvalue weighted by Gasteiger charge is -2.16. The predicted octanol–water partition coefficient (Wildman–Crippen LogP) is 2.28. The maximum absolute atomic E-state index is 11.1. The normalized spacial score (nSPS) is 13.1. The zero-order valence-corrected chi connectivity index (χ0v) is 11.3. The second-order valence-electron chi connectivity index (χ2n) is 3.85.